The molecule has 0 aliphatic carbocycles. The molecule has 0 heterocycles. The minimum absolute atomic E-state index is 0.0382. The van der Waals surface area contributed by atoms with E-state index in [0.29, 0.717) is 13.0 Å². The molecule has 0 fully saturated rings. The van der Waals surface area contributed by atoms with Crippen molar-refractivity contribution in [1.29, 1.82) is 0 Å². The van der Waals surface area contributed by atoms with Gasteiger partial charge in [0.2, 0.25) is 5.91 Å². The van der Waals surface area contributed by atoms with Gasteiger partial charge in [-0.1, -0.05) is 27.7 Å². The fraction of sp³-hybridized carbons (Fsp3) is 0.833. The zero-order valence-electron chi connectivity index (χ0n) is 10.9. The number of rotatable bonds is 5. The van der Waals surface area contributed by atoms with Gasteiger partial charge in [0, 0.05) is 6.42 Å². The molecule has 1 amide bonds. The summed E-state index contributed by atoms with van der Waals surface area (Å²) < 4.78 is 4.71. The van der Waals surface area contributed by atoms with Gasteiger partial charge in [0.1, 0.15) is 6.54 Å². The van der Waals surface area contributed by atoms with Crippen LogP contribution in [0.3, 0.4) is 0 Å². The van der Waals surface area contributed by atoms with Crippen LogP contribution in [0.5, 0.6) is 0 Å². The third-order valence-corrected chi connectivity index (χ3v) is 2.71. The van der Waals surface area contributed by atoms with Crippen LogP contribution in [0, 0.1) is 11.3 Å². The molecule has 4 nitrogen and oxygen atoms in total. The average molecular weight is 229 g/mol. The second-order valence-electron chi connectivity index (χ2n) is 5.05. The van der Waals surface area contributed by atoms with Crippen LogP contribution in [-0.2, 0) is 14.3 Å². The van der Waals surface area contributed by atoms with E-state index in [2.05, 4.69) is 26.1 Å². The Morgan fingerprint density at radius 1 is 1.31 bits per heavy atom. The van der Waals surface area contributed by atoms with Crippen LogP contribution < -0.4 is 5.32 Å². The van der Waals surface area contributed by atoms with Gasteiger partial charge in [0.25, 0.3) is 0 Å². The number of carbonyl (C=O) groups is 2. The van der Waals surface area contributed by atoms with Gasteiger partial charge >= 0.3 is 5.97 Å². The summed E-state index contributed by atoms with van der Waals surface area (Å²) in [4.78, 5) is 22.5. The van der Waals surface area contributed by atoms with Crippen molar-refractivity contribution in [3.63, 3.8) is 0 Å². The van der Waals surface area contributed by atoms with Gasteiger partial charge in [-0.05, 0) is 18.3 Å². The van der Waals surface area contributed by atoms with E-state index < -0.39 is 0 Å². The Bertz CT molecular complexity index is 243. The average Bonchev–Trinajstić information content (AvgIpc) is 2.13. The quantitative estimate of drug-likeness (QED) is 0.730. The number of esters is 1. The van der Waals surface area contributed by atoms with Crippen molar-refractivity contribution in [3.05, 3.63) is 0 Å². The second-order valence-corrected chi connectivity index (χ2v) is 5.05. The lowest BCUT2D eigenvalue weighted by atomic mass is 9.80. The Morgan fingerprint density at radius 2 is 1.88 bits per heavy atom. The van der Waals surface area contributed by atoms with Crippen molar-refractivity contribution >= 4 is 11.9 Å². The maximum Gasteiger partial charge on any atom is 0.325 e. The van der Waals surface area contributed by atoms with Crippen molar-refractivity contribution in [2.45, 2.75) is 41.0 Å². The summed E-state index contributed by atoms with van der Waals surface area (Å²) in [7, 11) is 0. The van der Waals surface area contributed by atoms with Gasteiger partial charge in [-0.3, -0.25) is 9.59 Å². The van der Waals surface area contributed by atoms with E-state index in [1.165, 1.54) is 0 Å². The molecule has 4 heteroatoms. The molecule has 1 unspecified atom stereocenters. The molecule has 0 radical (unpaired) electrons. The molecule has 94 valence electrons. The Balaban J connectivity index is 3.88. The van der Waals surface area contributed by atoms with Crippen LogP contribution in [-0.4, -0.2) is 25.0 Å². The topological polar surface area (TPSA) is 55.4 Å². The predicted molar refractivity (Wildman–Crippen MR) is 62.9 cm³/mol. The summed E-state index contributed by atoms with van der Waals surface area (Å²) in [6.07, 6.45) is 0.433. The van der Waals surface area contributed by atoms with Crippen LogP contribution in [0.2, 0.25) is 0 Å². The summed E-state index contributed by atoms with van der Waals surface area (Å²) in [5, 5.41) is 2.56. The number of ether oxygens (including phenoxy) is 1. The number of hydrogen-bond donors (Lipinski definition) is 1. The molecule has 0 saturated carbocycles. The van der Waals surface area contributed by atoms with E-state index in [1.54, 1.807) is 6.92 Å². The van der Waals surface area contributed by atoms with Crippen molar-refractivity contribution in [2.75, 3.05) is 13.2 Å². The third kappa shape index (κ3) is 6.43. The van der Waals surface area contributed by atoms with Gasteiger partial charge < -0.3 is 10.1 Å². The third-order valence-electron chi connectivity index (χ3n) is 2.71. The normalized spacial score (nSPS) is 13.1. The molecule has 0 saturated heterocycles. The van der Waals surface area contributed by atoms with Gasteiger partial charge in [-0.25, -0.2) is 0 Å². The molecule has 0 aliphatic heterocycles. The molecular weight excluding hydrogens is 206 g/mol. The van der Waals surface area contributed by atoms with Crippen molar-refractivity contribution in [2.24, 2.45) is 11.3 Å². The predicted octanol–water partition coefficient (Wildman–Crippen LogP) is 1.74. The molecule has 0 spiro atoms. The summed E-state index contributed by atoms with van der Waals surface area (Å²) in [6, 6.07) is 0. The monoisotopic (exact) mass is 229 g/mol. The van der Waals surface area contributed by atoms with Crippen LogP contribution >= 0.6 is 0 Å². The fourth-order valence-corrected chi connectivity index (χ4v) is 1.04. The first-order chi connectivity index (χ1) is 7.27. The largest absolute Gasteiger partial charge is 0.465 e. The molecule has 1 atom stereocenters. The van der Waals surface area contributed by atoms with Gasteiger partial charge in [0.05, 0.1) is 6.61 Å². The number of nitrogens with one attached hydrogen (secondary N) is 1. The van der Waals surface area contributed by atoms with Gasteiger partial charge in [-0.2, -0.15) is 0 Å². The molecule has 16 heavy (non-hydrogen) atoms. The van der Waals surface area contributed by atoms with E-state index in [4.69, 9.17) is 4.74 Å². The molecule has 0 aromatic carbocycles. The van der Waals surface area contributed by atoms with Crippen LogP contribution in [0.1, 0.15) is 41.0 Å². The lowest BCUT2D eigenvalue weighted by Crippen LogP contribution is -2.33. The zero-order valence-corrected chi connectivity index (χ0v) is 10.9. The highest BCUT2D eigenvalue weighted by Crippen LogP contribution is 2.27. The first-order valence-corrected chi connectivity index (χ1v) is 5.69. The first kappa shape index (κ1) is 14.9. The summed E-state index contributed by atoms with van der Waals surface area (Å²) in [5.74, 6) is -0.218. The first-order valence-electron chi connectivity index (χ1n) is 5.69. The van der Waals surface area contributed by atoms with Crippen LogP contribution in [0.15, 0.2) is 0 Å². The van der Waals surface area contributed by atoms with E-state index in [0.717, 1.165) is 0 Å². The molecule has 0 bridgehead atoms. The smallest absolute Gasteiger partial charge is 0.325 e. The Labute approximate surface area is 97.7 Å². The standard InChI is InChI=1S/C12H23NO3/c1-6-16-11(15)8-13-10(14)7-9(2)12(3,4)5/h9H,6-8H2,1-5H3,(H,13,14). The van der Waals surface area contributed by atoms with Crippen LogP contribution in [0.25, 0.3) is 0 Å². The lowest BCUT2D eigenvalue weighted by molar-refractivity contribution is -0.143. The summed E-state index contributed by atoms with van der Waals surface area (Å²) in [5.41, 5.74) is 0.0985. The molecule has 1 N–H and O–H groups in total. The van der Waals surface area contributed by atoms with Gasteiger partial charge in [-0.15, -0.1) is 0 Å². The summed E-state index contributed by atoms with van der Waals surface area (Å²) in [6.45, 7) is 10.4. The summed E-state index contributed by atoms with van der Waals surface area (Å²) >= 11 is 0. The van der Waals surface area contributed by atoms with Crippen LogP contribution in [0.4, 0.5) is 0 Å². The fourth-order valence-electron chi connectivity index (χ4n) is 1.04. The van der Waals surface area contributed by atoms with Crippen molar-refractivity contribution in [3.8, 4) is 0 Å². The molecule has 0 aromatic heterocycles. The number of carbonyl (C=O) groups excluding carboxylic acids is 2. The Morgan fingerprint density at radius 3 is 2.31 bits per heavy atom. The zero-order chi connectivity index (χ0) is 12.8. The minimum atomic E-state index is -0.390. The highest BCUT2D eigenvalue weighted by molar-refractivity contribution is 5.81. The number of amides is 1. The van der Waals surface area contributed by atoms with E-state index >= 15 is 0 Å². The van der Waals surface area contributed by atoms with E-state index in [9.17, 15) is 9.59 Å². The lowest BCUT2D eigenvalue weighted by Gasteiger charge is -2.26. The maximum atomic E-state index is 11.5. The molecule has 0 rings (SSSR count). The molecule has 0 aliphatic rings. The minimum Gasteiger partial charge on any atom is -0.465 e. The number of hydrogen-bond acceptors (Lipinski definition) is 3. The van der Waals surface area contributed by atoms with Crippen molar-refractivity contribution in [1.82, 2.24) is 5.32 Å². The van der Waals surface area contributed by atoms with Gasteiger partial charge in [0.15, 0.2) is 0 Å². The Hall–Kier alpha value is -1.06. The second kappa shape index (κ2) is 6.51. The maximum absolute atomic E-state index is 11.5. The highest BCUT2D eigenvalue weighted by Gasteiger charge is 2.22. The van der Waals surface area contributed by atoms with Crippen molar-refractivity contribution < 1.29 is 14.3 Å². The van der Waals surface area contributed by atoms with E-state index in [1.807, 2.05) is 6.92 Å². The Kier molecular flexibility index (Phi) is 6.08. The molecular formula is C12H23NO3. The van der Waals surface area contributed by atoms with E-state index in [-0.39, 0.29) is 29.8 Å². The molecule has 0 aromatic rings. The SMILES string of the molecule is CCOC(=O)CNC(=O)CC(C)C(C)(C)C. The highest BCUT2D eigenvalue weighted by atomic mass is 16.5.